The zero-order valence-electron chi connectivity index (χ0n) is 7.84. The van der Waals surface area contributed by atoms with Crippen molar-refractivity contribution in [1.29, 1.82) is 0 Å². The monoisotopic (exact) mass is 197 g/mol. The van der Waals surface area contributed by atoms with Gasteiger partial charge in [-0.15, -0.1) is 0 Å². The number of aromatic nitrogens is 2. The van der Waals surface area contributed by atoms with Crippen molar-refractivity contribution in [2.45, 2.75) is 24.1 Å². The topological polar surface area (TPSA) is 40.7 Å². The molecule has 0 bridgehead atoms. The Hall–Kier alpha value is -0.480. The maximum Gasteiger partial charge on any atom is 0.0922 e. The van der Waals surface area contributed by atoms with E-state index in [1.165, 1.54) is 12.8 Å². The quantitative estimate of drug-likeness (QED) is 0.749. The van der Waals surface area contributed by atoms with Crippen molar-refractivity contribution in [2.24, 2.45) is 0 Å². The number of H-pyrrole nitrogens is 1. The Morgan fingerprint density at radius 2 is 2.54 bits per heavy atom. The molecule has 0 spiro atoms. The zero-order valence-corrected chi connectivity index (χ0v) is 8.66. The molecule has 13 heavy (non-hydrogen) atoms. The molecule has 2 N–H and O–H groups in total. The molecule has 72 valence electrons. The van der Waals surface area contributed by atoms with E-state index in [4.69, 9.17) is 0 Å². The predicted octanol–water partition coefficient (Wildman–Crippen LogP) is 1.39. The van der Waals surface area contributed by atoms with E-state index in [2.05, 4.69) is 21.5 Å². The van der Waals surface area contributed by atoms with Gasteiger partial charge in [0.2, 0.25) is 0 Å². The van der Waals surface area contributed by atoms with Crippen molar-refractivity contribution in [3.63, 3.8) is 0 Å². The Balaban J connectivity index is 1.70. The molecule has 0 saturated heterocycles. The van der Waals surface area contributed by atoms with E-state index >= 15 is 0 Å². The van der Waals surface area contributed by atoms with Gasteiger partial charge in [-0.05, 0) is 19.1 Å². The van der Waals surface area contributed by atoms with E-state index < -0.39 is 0 Å². The van der Waals surface area contributed by atoms with Crippen LogP contribution in [0, 0.1) is 0 Å². The molecule has 1 aliphatic rings. The Kier molecular flexibility index (Phi) is 2.60. The summed E-state index contributed by atoms with van der Waals surface area (Å²) in [6.45, 7) is 2.02. The van der Waals surface area contributed by atoms with Crippen LogP contribution in [-0.2, 0) is 6.54 Å². The molecule has 0 amide bonds. The van der Waals surface area contributed by atoms with Gasteiger partial charge in [0.25, 0.3) is 0 Å². The van der Waals surface area contributed by atoms with E-state index in [9.17, 15) is 0 Å². The molecule has 0 atom stereocenters. The summed E-state index contributed by atoms with van der Waals surface area (Å²) in [4.78, 5) is 7.05. The summed E-state index contributed by atoms with van der Waals surface area (Å²) in [6, 6.07) is 0. The van der Waals surface area contributed by atoms with Crippen LogP contribution in [0.15, 0.2) is 12.5 Å². The summed E-state index contributed by atoms with van der Waals surface area (Å²) < 4.78 is 0.556. The summed E-state index contributed by atoms with van der Waals surface area (Å²) in [6.07, 6.45) is 8.52. The Bertz CT molecular complexity index is 254. The van der Waals surface area contributed by atoms with Crippen LogP contribution in [0.2, 0.25) is 0 Å². The molecule has 1 aromatic heterocycles. The Labute approximate surface area is 82.7 Å². The minimum atomic E-state index is 0.556. The second kappa shape index (κ2) is 3.72. The van der Waals surface area contributed by atoms with Gasteiger partial charge in [-0.1, -0.05) is 0 Å². The SMILES string of the molecule is CSC1(CNCc2cnc[nH]2)CC1. The fourth-order valence-corrected chi connectivity index (χ4v) is 2.16. The third kappa shape index (κ3) is 2.25. The molecule has 1 aromatic rings. The van der Waals surface area contributed by atoms with Crippen molar-refractivity contribution in [3.8, 4) is 0 Å². The number of rotatable bonds is 5. The molecular formula is C9H15N3S. The zero-order chi connectivity index (χ0) is 9.15. The van der Waals surface area contributed by atoms with Crippen LogP contribution < -0.4 is 5.32 Å². The van der Waals surface area contributed by atoms with Crippen molar-refractivity contribution in [1.82, 2.24) is 15.3 Å². The van der Waals surface area contributed by atoms with Gasteiger partial charge in [0.05, 0.1) is 6.33 Å². The van der Waals surface area contributed by atoms with Gasteiger partial charge in [-0.3, -0.25) is 0 Å². The summed E-state index contributed by atoms with van der Waals surface area (Å²) in [5, 5.41) is 3.45. The van der Waals surface area contributed by atoms with Crippen LogP contribution >= 0.6 is 11.8 Å². The highest BCUT2D eigenvalue weighted by Gasteiger charge is 2.41. The summed E-state index contributed by atoms with van der Waals surface area (Å²) >= 11 is 1.99. The highest BCUT2D eigenvalue weighted by molar-refractivity contribution is 8.00. The highest BCUT2D eigenvalue weighted by Crippen LogP contribution is 2.46. The molecule has 0 unspecified atom stereocenters. The van der Waals surface area contributed by atoms with Crippen molar-refractivity contribution in [3.05, 3.63) is 18.2 Å². The van der Waals surface area contributed by atoms with Crippen molar-refractivity contribution >= 4 is 11.8 Å². The lowest BCUT2D eigenvalue weighted by Gasteiger charge is -2.11. The Morgan fingerprint density at radius 1 is 1.69 bits per heavy atom. The number of hydrogen-bond acceptors (Lipinski definition) is 3. The first-order valence-corrected chi connectivity index (χ1v) is 5.80. The number of hydrogen-bond donors (Lipinski definition) is 2. The van der Waals surface area contributed by atoms with Crippen LogP contribution in [0.25, 0.3) is 0 Å². The minimum absolute atomic E-state index is 0.556. The fourth-order valence-electron chi connectivity index (χ4n) is 1.40. The third-order valence-electron chi connectivity index (χ3n) is 2.56. The number of thioether (sulfide) groups is 1. The van der Waals surface area contributed by atoms with Crippen LogP contribution in [-0.4, -0.2) is 27.5 Å². The van der Waals surface area contributed by atoms with Gasteiger partial charge in [0.1, 0.15) is 0 Å². The standard InChI is InChI=1S/C9H15N3S/c1-13-9(2-3-9)6-10-4-8-5-11-7-12-8/h5,7,10H,2-4,6H2,1H3,(H,11,12). The van der Waals surface area contributed by atoms with E-state index in [1.807, 2.05) is 18.0 Å². The first-order valence-electron chi connectivity index (χ1n) is 4.58. The lowest BCUT2D eigenvalue weighted by atomic mass is 10.4. The summed E-state index contributed by atoms with van der Waals surface area (Å²) in [5.41, 5.74) is 1.16. The summed E-state index contributed by atoms with van der Waals surface area (Å²) in [5.74, 6) is 0. The molecule has 1 heterocycles. The van der Waals surface area contributed by atoms with Crippen molar-refractivity contribution < 1.29 is 0 Å². The van der Waals surface area contributed by atoms with Crippen LogP contribution in [0.3, 0.4) is 0 Å². The first-order chi connectivity index (χ1) is 6.35. The molecule has 0 aliphatic heterocycles. The van der Waals surface area contributed by atoms with Crippen LogP contribution in [0.5, 0.6) is 0 Å². The number of nitrogens with one attached hydrogen (secondary N) is 2. The second-order valence-electron chi connectivity index (χ2n) is 3.57. The third-order valence-corrected chi connectivity index (χ3v) is 3.98. The van der Waals surface area contributed by atoms with Gasteiger partial charge < -0.3 is 10.3 Å². The Morgan fingerprint density at radius 3 is 3.08 bits per heavy atom. The minimum Gasteiger partial charge on any atom is -0.347 e. The van der Waals surface area contributed by atoms with Gasteiger partial charge in [-0.2, -0.15) is 11.8 Å². The van der Waals surface area contributed by atoms with Gasteiger partial charge in [-0.25, -0.2) is 4.98 Å². The summed E-state index contributed by atoms with van der Waals surface area (Å²) in [7, 11) is 0. The average molecular weight is 197 g/mol. The normalized spacial score (nSPS) is 18.8. The van der Waals surface area contributed by atoms with Gasteiger partial charge >= 0.3 is 0 Å². The molecule has 0 radical (unpaired) electrons. The van der Waals surface area contributed by atoms with Crippen molar-refractivity contribution in [2.75, 3.05) is 12.8 Å². The second-order valence-corrected chi connectivity index (χ2v) is 4.84. The largest absolute Gasteiger partial charge is 0.347 e. The van der Waals surface area contributed by atoms with E-state index in [1.54, 1.807) is 6.33 Å². The number of imidazole rings is 1. The molecule has 3 nitrogen and oxygen atoms in total. The van der Waals surface area contributed by atoms with Crippen LogP contribution in [0.4, 0.5) is 0 Å². The number of nitrogens with zero attached hydrogens (tertiary/aromatic N) is 1. The molecule has 1 fully saturated rings. The maximum absolute atomic E-state index is 3.97. The molecule has 1 aliphatic carbocycles. The van der Waals surface area contributed by atoms with Gasteiger partial charge in [0.15, 0.2) is 0 Å². The average Bonchev–Trinajstić information content (AvgIpc) is 2.74. The van der Waals surface area contributed by atoms with Gasteiger partial charge in [0, 0.05) is 29.7 Å². The highest BCUT2D eigenvalue weighted by atomic mass is 32.2. The van der Waals surface area contributed by atoms with E-state index in [-0.39, 0.29) is 0 Å². The first kappa shape index (κ1) is 9.09. The number of aromatic amines is 1. The van der Waals surface area contributed by atoms with E-state index in [0.29, 0.717) is 4.75 Å². The maximum atomic E-state index is 3.97. The van der Waals surface area contributed by atoms with E-state index in [0.717, 1.165) is 18.8 Å². The molecule has 2 rings (SSSR count). The smallest absolute Gasteiger partial charge is 0.0922 e. The van der Waals surface area contributed by atoms with Crippen LogP contribution in [0.1, 0.15) is 18.5 Å². The molecule has 4 heteroatoms. The lowest BCUT2D eigenvalue weighted by molar-refractivity contribution is 0.655. The molecule has 1 saturated carbocycles. The predicted molar refractivity (Wildman–Crippen MR) is 55.8 cm³/mol. The lowest BCUT2D eigenvalue weighted by Crippen LogP contribution is -2.25. The molecular weight excluding hydrogens is 182 g/mol. The fraction of sp³-hybridized carbons (Fsp3) is 0.667. The molecule has 0 aromatic carbocycles.